The van der Waals surface area contributed by atoms with Gasteiger partial charge in [-0.15, -0.1) is 0 Å². The number of hydrogen-bond acceptors (Lipinski definition) is 4. The minimum atomic E-state index is 0.284. The van der Waals surface area contributed by atoms with Gasteiger partial charge in [0.15, 0.2) is 5.84 Å². The molecule has 1 aromatic rings. The summed E-state index contributed by atoms with van der Waals surface area (Å²) >= 11 is 0. The maximum atomic E-state index is 8.74. The van der Waals surface area contributed by atoms with E-state index in [0.717, 1.165) is 18.8 Å². The molecule has 1 aliphatic rings. The van der Waals surface area contributed by atoms with Crippen LogP contribution < -0.4 is 5.73 Å². The molecule has 0 radical (unpaired) electrons. The van der Waals surface area contributed by atoms with Crippen LogP contribution in [0.25, 0.3) is 0 Å². The zero-order valence-electron chi connectivity index (χ0n) is 11.5. The Hall–Kier alpha value is -1.56. The average Bonchev–Trinajstić information content (AvgIpc) is 3.06. The van der Waals surface area contributed by atoms with Crippen LogP contribution >= 0.6 is 0 Å². The van der Waals surface area contributed by atoms with Crippen LogP contribution in [0.15, 0.2) is 17.5 Å². The van der Waals surface area contributed by atoms with Gasteiger partial charge >= 0.3 is 0 Å². The second-order valence-corrected chi connectivity index (χ2v) is 5.20. The highest BCUT2D eigenvalue weighted by Gasteiger charge is 2.23. The summed E-state index contributed by atoms with van der Waals surface area (Å²) in [6.07, 6.45) is 9.63. The molecule has 0 atom stereocenters. The number of rotatable bonds is 6. The van der Waals surface area contributed by atoms with E-state index in [-0.39, 0.29) is 5.84 Å². The second-order valence-electron chi connectivity index (χ2n) is 5.20. The number of nitrogens with zero attached hydrogens (tertiary/aromatic N) is 4. The SMILES string of the molecule is Cn1ccnc1CCN(C/C(N)=N/O)C1CCCC1. The lowest BCUT2D eigenvalue weighted by Gasteiger charge is -2.28. The van der Waals surface area contributed by atoms with Crippen molar-refractivity contribution in [2.45, 2.75) is 38.1 Å². The van der Waals surface area contributed by atoms with Crippen LogP contribution in [0.3, 0.4) is 0 Å². The Morgan fingerprint density at radius 1 is 1.58 bits per heavy atom. The lowest BCUT2D eigenvalue weighted by atomic mass is 10.2. The summed E-state index contributed by atoms with van der Waals surface area (Å²) in [6, 6.07) is 0.556. The van der Waals surface area contributed by atoms with Gasteiger partial charge in [-0.05, 0) is 12.8 Å². The Balaban J connectivity index is 1.94. The molecule has 1 fully saturated rings. The van der Waals surface area contributed by atoms with Gasteiger partial charge in [-0.2, -0.15) is 0 Å². The Kier molecular flexibility index (Phi) is 4.79. The molecule has 6 nitrogen and oxygen atoms in total. The molecular formula is C13H23N5O. The maximum absolute atomic E-state index is 8.74. The molecule has 1 saturated carbocycles. The smallest absolute Gasteiger partial charge is 0.153 e. The number of nitrogens with two attached hydrogens (primary N) is 1. The molecule has 106 valence electrons. The van der Waals surface area contributed by atoms with Gasteiger partial charge < -0.3 is 15.5 Å². The van der Waals surface area contributed by atoms with Gasteiger partial charge in [-0.1, -0.05) is 18.0 Å². The summed E-state index contributed by atoms with van der Waals surface area (Å²) in [7, 11) is 2.01. The van der Waals surface area contributed by atoms with E-state index in [1.54, 1.807) is 0 Å². The van der Waals surface area contributed by atoms with E-state index < -0.39 is 0 Å². The highest BCUT2D eigenvalue weighted by atomic mass is 16.4. The van der Waals surface area contributed by atoms with Crippen LogP contribution in [-0.2, 0) is 13.5 Å². The Morgan fingerprint density at radius 2 is 2.32 bits per heavy atom. The summed E-state index contributed by atoms with van der Waals surface area (Å²) in [6.45, 7) is 1.43. The lowest BCUT2D eigenvalue weighted by Crippen LogP contribution is -2.41. The highest BCUT2D eigenvalue weighted by Crippen LogP contribution is 2.23. The van der Waals surface area contributed by atoms with Gasteiger partial charge in [0.05, 0.1) is 6.54 Å². The third-order valence-electron chi connectivity index (χ3n) is 3.88. The van der Waals surface area contributed by atoms with Crippen molar-refractivity contribution in [1.82, 2.24) is 14.5 Å². The first-order valence-electron chi connectivity index (χ1n) is 6.87. The summed E-state index contributed by atoms with van der Waals surface area (Å²) in [5.41, 5.74) is 5.66. The van der Waals surface area contributed by atoms with Crippen LogP contribution in [-0.4, -0.2) is 44.6 Å². The standard InChI is InChI=1S/C13H23N5O/c1-17-9-7-15-13(17)6-8-18(10-12(14)16-19)11-4-2-3-5-11/h7,9,11,19H,2-6,8,10H2,1H3,(H2,14,16). The largest absolute Gasteiger partial charge is 0.409 e. The quantitative estimate of drug-likeness (QED) is 0.347. The molecule has 2 rings (SSSR count). The molecule has 1 heterocycles. The number of aromatic nitrogens is 2. The van der Waals surface area contributed by atoms with E-state index in [9.17, 15) is 0 Å². The normalized spacial score (nSPS) is 17.5. The summed E-state index contributed by atoms with van der Waals surface area (Å²) in [5, 5.41) is 11.8. The third kappa shape index (κ3) is 3.70. The fraction of sp³-hybridized carbons (Fsp3) is 0.692. The first-order chi connectivity index (χ1) is 9.20. The van der Waals surface area contributed by atoms with Crippen molar-refractivity contribution in [2.24, 2.45) is 17.9 Å². The van der Waals surface area contributed by atoms with Gasteiger partial charge in [0.2, 0.25) is 0 Å². The Bertz CT molecular complexity index is 422. The van der Waals surface area contributed by atoms with E-state index in [0.29, 0.717) is 12.6 Å². The molecular weight excluding hydrogens is 242 g/mol. The third-order valence-corrected chi connectivity index (χ3v) is 3.88. The molecule has 0 aromatic carbocycles. The molecule has 0 bridgehead atoms. The molecule has 0 saturated heterocycles. The van der Waals surface area contributed by atoms with Crippen LogP contribution in [0, 0.1) is 0 Å². The molecule has 0 aliphatic heterocycles. The van der Waals surface area contributed by atoms with Gasteiger partial charge in [0.1, 0.15) is 5.82 Å². The van der Waals surface area contributed by atoms with Crippen molar-refractivity contribution in [3.05, 3.63) is 18.2 Å². The van der Waals surface area contributed by atoms with Crippen LogP contribution in [0.4, 0.5) is 0 Å². The molecule has 0 spiro atoms. The van der Waals surface area contributed by atoms with Crippen molar-refractivity contribution in [1.29, 1.82) is 0 Å². The number of hydrogen-bond donors (Lipinski definition) is 2. The van der Waals surface area contributed by atoms with Crippen molar-refractivity contribution >= 4 is 5.84 Å². The molecule has 3 N–H and O–H groups in total. The molecule has 6 heteroatoms. The first kappa shape index (κ1) is 13.9. The van der Waals surface area contributed by atoms with Crippen molar-refractivity contribution < 1.29 is 5.21 Å². The number of oxime groups is 1. The molecule has 1 aliphatic carbocycles. The second kappa shape index (κ2) is 6.56. The van der Waals surface area contributed by atoms with E-state index in [2.05, 4.69) is 15.0 Å². The van der Waals surface area contributed by atoms with Gasteiger partial charge in [-0.3, -0.25) is 4.90 Å². The Morgan fingerprint density at radius 3 is 2.89 bits per heavy atom. The van der Waals surface area contributed by atoms with Crippen LogP contribution in [0.2, 0.25) is 0 Å². The topological polar surface area (TPSA) is 79.7 Å². The summed E-state index contributed by atoms with van der Waals surface area (Å²) < 4.78 is 2.04. The molecule has 1 aromatic heterocycles. The van der Waals surface area contributed by atoms with Crippen molar-refractivity contribution in [2.75, 3.05) is 13.1 Å². The predicted molar refractivity (Wildman–Crippen MR) is 74.1 cm³/mol. The van der Waals surface area contributed by atoms with E-state index in [1.165, 1.54) is 25.7 Å². The first-order valence-corrected chi connectivity index (χ1v) is 6.87. The van der Waals surface area contributed by atoms with Crippen molar-refractivity contribution in [3.63, 3.8) is 0 Å². The van der Waals surface area contributed by atoms with Gasteiger partial charge in [0, 0.05) is 38.4 Å². The van der Waals surface area contributed by atoms with E-state index in [1.807, 2.05) is 24.0 Å². The molecule has 0 amide bonds. The maximum Gasteiger partial charge on any atom is 0.153 e. The highest BCUT2D eigenvalue weighted by molar-refractivity contribution is 5.81. The minimum absolute atomic E-state index is 0.284. The molecule has 0 unspecified atom stereocenters. The number of imidazole rings is 1. The van der Waals surface area contributed by atoms with Crippen LogP contribution in [0.5, 0.6) is 0 Å². The monoisotopic (exact) mass is 265 g/mol. The number of aryl methyl sites for hydroxylation is 1. The van der Waals surface area contributed by atoms with Crippen LogP contribution in [0.1, 0.15) is 31.5 Å². The summed E-state index contributed by atoms with van der Waals surface area (Å²) in [5.74, 6) is 1.36. The van der Waals surface area contributed by atoms with Gasteiger partial charge in [-0.25, -0.2) is 4.98 Å². The summed E-state index contributed by atoms with van der Waals surface area (Å²) in [4.78, 5) is 6.66. The number of amidine groups is 1. The predicted octanol–water partition coefficient (Wildman–Crippen LogP) is 0.954. The van der Waals surface area contributed by atoms with E-state index in [4.69, 9.17) is 10.9 Å². The Labute approximate surface area is 113 Å². The zero-order chi connectivity index (χ0) is 13.7. The average molecular weight is 265 g/mol. The van der Waals surface area contributed by atoms with Gasteiger partial charge in [0.25, 0.3) is 0 Å². The molecule has 19 heavy (non-hydrogen) atoms. The van der Waals surface area contributed by atoms with E-state index >= 15 is 0 Å². The lowest BCUT2D eigenvalue weighted by molar-refractivity contribution is 0.223. The fourth-order valence-corrected chi connectivity index (χ4v) is 2.78. The fourth-order valence-electron chi connectivity index (χ4n) is 2.78. The van der Waals surface area contributed by atoms with Crippen molar-refractivity contribution in [3.8, 4) is 0 Å². The minimum Gasteiger partial charge on any atom is -0.409 e. The zero-order valence-corrected chi connectivity index (χ0v) is 11.5.